The minimum atomic E-state index is -0.968. The molecule has 0 rings (SSSR count). The maximum Gasteiger partial charge on any atom is 2.00 e. The Labute approximate surface area is 88.5 Å². The SMILES string of the molecule is NCC(=O)O.NCC(=O)O.[Cl-].[Zn+2]. The van der Waals surface area contributed by atoms with Crippen molar-refractivity contribution in [1.82, 2.24) is 0 Å². The number of aliphatic carboxylic acids is 2. The van der Waals surface area contributed by atoms with Crippen LogP contribution < -0.4 is 23.9 Å². The van der Waals surface area contributed by atoms with Gasteiger partial charge in [-0.3, -0.25) is 9.59 Å². The zero-order valence-corrected chi connectivity index (χ0v) is 10.1. The molecular weight excluding hydrogens is 241 g/mol. The van der Waals surface area contributed by atoms with Crippen molar-refractivity contribution in [2.24, 2.45) is 11.5 Å². The predicted octanol–water partition coefficient (Wildman–Crippen LogP) is -4.94. The van der Waals surface area contributed by atoms with Crippen LogP contribution in [0.25, 0.3) is 0 Å². The summed E-state index contributed by atoms with van der Waals surface area (Å²) in [4.78, 5) is 18.5. The molecule has 8 heteroatoms. The summed E-state index contributed by atoms with van der Waals surface area (Å²) in [5, 5.41) is 15.2. The van der Waals surface area contributed by atoms with Gasteiger partial charge >= 0.3 is 31.4 Å². The Hall–Kier alpha value is -0.227. The number of carbonyl (C=O) groups is 2. The van der Waals surface area contributed by atoms with E-state index >= 15 is 0 Å². The molecule has 0 aliphatic rings. The summed E-state index contributed by atoms with van der Waals surface area (Å²) < 4.78 is 0. The number of carboxylic acid groups (broad SMARTS) is 2. The van der Waals surface area contributed by atoms with Gasteiger partial charge in [-0.05, 0) is 0 Å². The second-order valence-corrected chi connectivity index (χ2v) is 1.20. The van der Waals surface area contributed by atoms with Crippen molar-refractivity contribution >= 4 is 11.9 Å². The quantitative estimate of drug-likeness (QED) is 0.364. The number of nitrogens with two attached hydrogens (primary N) is 2. The minimum Gasteiger partial charge on any atom is -1.00 e. The van der Waals surface area contributed by atoms with Crippen molar-refractivity contribution in [3.05, 3.63) is 0 Å². The molecule has 0 unspecified atom stereocenters. The van der Waals surface area contributed by atoms with E-state index in [4.69, 9.17) is 10.2 Å². The van der Waals surface area contributed by atoms with Crippen molar-refractivity contribution in [2.75, 3.05) is 13.1 Å². The van der Waals surface area contributed by atoms with Gasteiger partial charge in [-0.1, -0.05) is 0 Å². The van der Waals surface area contributed by atoms with Gasteiger partial charge in [0.2, 0.25) is 0 Å². The second-order valence-electron chi connectivity index (χ2n) is 1.20. The Balaban J connectivity index is -0.0000000457. The fourth-order valence-corrected chi connectivity index (χ4v) is 0. The molecule has 0 fully saturated rings. The first kappa shape index (κ1) is 22.6. The molecule has 12 heavy (non-hydrogen) atoms. The standard InChI is InChI=1S/2C2H5NO2.ClH.Zn/c2*3-1-2(4)5;;/h2*1,3H2,(H,4,5);1H;/q;;;+2/p-1. The summed E-state index contributed by atoms with van der Waals surface area (Å²) in [6, 6.07) is 0. The van der Waals surface area contributed by atoms with Crippen LogP contribution in [0.5, 0.6) is 0 Å². The molecule has 0 amide bonds. The fraction of sp³-hybridized carbons (Fsp3) is 0.500. The van der Waals surface area contributed by atoms with Crippen LogP contribution in [-0.2, 0) is 29.1 Å². The monoisotopic (exact) mass is 249 g/mol. The molecule has 0 atom stereocenters. The largest absolute Gasteiger partial charge is 2.00 e. The van der Waals surface area contributed by atoms with Crippen LogP contribution in [-0.4, -0.2) is 35.2 Å². The van der Waals surface area contributed by atoms with Crippen molar-refractivity contribution < 1.29 is 51.7 Å². The molecule has 0 aliphatic carbocycles. The van der Waals surface area contributed by atoms with E-state index < -0.39 is 11.9 Å². The van der Waals surface area contributed by atoms with Gasteiger partial charge in [-0.15, -0.1) is 0 Å². The zero-order valence-electron chi connectivity index (χ0n) is 6.36. The van der Waals surface area contributed by atoms with Crippen molar-refractivity contribution in [1.29, 1.82) is 0 Å². The number of carboxylic acids is 2. The number of halogens is 1. The number of hydrogen-bond donors (Lipinski definition) is 4. The first-order chi connectivity index (χ1) is 4.54. The third-order valence-electron chi connectivity index (χ3n) is 0.349. The molecule has 0 aliphatic heterocycles. The van der Waals surface area contributed by atoms with E-state index in [-0.39, 0.29) is 45.0 Å². The van der Waals surface area contributed by atoms with Crippen LogP contribution in [0.1, 0.15) is 0 Å². The van der Waals surface area contributed by atoms with Gasteiger partial charge in [0.1, 0.15) is 0 Å². The van der Waals surface area contributed by atoms with Gasteiger partial charge in [0.05, 0.1) is 13.1 Å². The molecule has 0 spiro atoms. The van der Waals surface area contributed by atoms with Crippen molar-refractivity contribution in [2.45, 2.75) is 0 Å². The van der Waals surface area contributed by atoms with Crippen LogP contribution in [0.3, 0.4) is 0 Å². The van der Waals surface area contributed by atoms with Gasteiger partial charge in [0.25, 0.3) is 0 Å². The van der Waals surface area contributed by atoms with E-state index in [9.17, 15) is 9.59 Å². The average molecular weight is 251 g/mol. The van der Waals surface area contributed by atoms with Crippen LogP contribution in [0, 0.1) is 0 Å². The van der Waals surface area contributed by atoms with Crippen LogP contribution in [0.15, 0.2) is 0 Å². The normalized spacial score (nSPS) is 6.17. The van der Waals surface area contributed by atoms with Gasteiger partial charge in [0.15, 0.2) is 0 Å². The number of rotatable bonds is 2. The predicted molar refractivity (Wildman–Crippen MR) is 33.4 cm³/mol. The minimum absolute atomic E-state index is 0. The number of hydrogen-bond acceptors (Lipinski definition) is 4. The maximum absolute atomic E-state index is 9.24. The molecule has 0 aromatic carbocycles. The van der Waals surface area contributed by atoms with Crippen molar-refractivity contribution in [3.63, 3.8) is 0 Å². The van der Waals surface area contributed by atoms with E-state index in [1.54, 1.807) is 0 Å². The van der Waals surface area contributed by atoms with E-state index in [0.717, 1.165) is 0 Å². The topological polar surface area (TPSA) is 127 Å². The average Bonchev–Trinajstić information content (AvgIpc) is 1.89. The molecule has 68 valence electrons. The molecule has 0 bridgehead atoms. The van der Waals surface area contributed by atoms with E-state index in [0.29, 0.717) is 0 Å². The summed E-state index contributed by atoms with van der Waals surface area (Å²) >= 11 is 0. The van der Waals surface area contributed by atoms with E-state index in [1.807, 2.05) is 0 Å². The van der Waals surface area contributed by atoms with Crippen molar-refractivity contribution in [3.8, 4) is 0 Å². The van der Waals surface area contributed by atoms with Gasteiger partial charge in [-0.25, -0.2) is 0 Å². The third kappa shape index (κ3) is 52.8. The molecular formula is C4H10ClN2O4Zn+. The van der Waals surface area contributed by atoms with Gasteiger partial charge in [0, 0.05) is 0 Å². The van der Waals surface area contributed by atoms with Crippen LogP contribution in [0.4, 0.5) is 0 Å². The van der Waals surface area contributed by atoms with Crippen LogP contribution in [0.2, 0.25) is 0 Å². The van der Waals surface area contributed by atoms with Gasteiger partial charge in [-0.2, -0.15) is 0 Å². The Bertz CT molecular complexity index is 110. The van der Waals surface area contributed by atoms with Gasteiger partial charge < -0.3 is 34.1 Å². The second kappa shape index (κ2) is 17.0. The Morgan fingerprint density at radius 1 is 1.00 bits per heavy atom. The first-order valence-corrected chi connectivity index (χ1v) is 2.38. The summed E-state index contributed by atoms with van der Waals surface area (Å²) in [5.41, 5.74) is 9.14. The summed E-state index contributed by atoms with van der Waals surface area (Å²) in [5.74, 6) is -1.94. The Morgan fingerprint density at radius 3 is 1.08 bits per heavy atom. The van der Waals surface area contributed by atoms with Crippen LogP contribution >= 0.6 is 0 Å². The molecule has 0 saturated heterocycles. The fourth-order valence-electron chi connectivity index (χ4n) is 0. The Kier molecular flexibility index (Phi) is 32.1. The molecule has 0 heterocycles. The zero-order chi connectivity index (χ0) is 8.57. The molecule has 6 N–H and O–H groups in total. The Morgan fingerprint density at radius 2 is 1.08 bits per heavy atom. The molecule has 6 nitrogen and oxygen atoms in total. The first-order valence-electron chi connectivity index (χ1n) is 2.38. The van der Waals surface area contributed by atoms with E-state index in [1.165, 1.54) is 0 Å². The summed E-state index contributed by atoms with van der Waals surface area (Å²) in [6.07, 6.45) is 0. The smallest absolute Gasteiger partial charge is 1.00 e. The molecule has 0 aromatic rings. The van der Waals surface area contributed by atoms with E-state index in [2.05, 4.69) is 11.5 Å². The maximum atomic E-state index is 9.24. The molecule has 0 aromatic heterocycles. The summed E-state index contributed by atoms with van der Waals surface area (Å²) in [6.45, 7) is -0.556. The molecule has 0 radical (unpaired) electrons. The third-order valence-corrected chi connectivity index (χ3v) is 0.349. The molecule has 0 saturated carbocycles. The summed E-state index contributed by atoms with van der Waals surface area (Å²) in [7, 11) is 0.